The van der Waals surface area contributed by atoms with Crippen molar-refractivity contribution in [3.63, 3.8) is 0 Å². The average Bonchev–Trinajstić information content (AvgIpc) is 2.71. The number of aliphatic hydroxyl groups is 1. The van der Waals surface area contributed by atoms with Crippen molar-refractivity contribution in [2.45, 2.75) is 12.1 Å². The van der Waals surface area contributed by atoms with Crippen LogP contribution in [-0.2, 0) is 0 Å². The summed E-state index contributed by atoms with van der Waals surface area (Å²) >= 11 is 11.9. The Labute approximate surface area is 181 Å². The summed E-state index contributed by atoms with van der Waals surface area (Å²) in [5.41, 5.74) is 2.28. The van der Waals surface area contributed by atoms with Crippen molar-refractivity contribution in [1.82, 2.24) is 5.32 Å². The molecule has 2 N–H and O–H groups in total. The van der Waals surface area contributed by atoms with Gasteiger partial charge in [0, 0.05) is 12.6 Å². The summed E-state index contributed by atoms with van der Waals surface area (Å²) in [5, 5.41) is 14.7. The minimum absolute atomic E-state index is 0. The SMILES string of the molecule is Cl.OC(CNC(c1ccccc1)c1ccccc1)COc1ccc(Cl)c(Cl)c1. The molecule has 3 nitrogen and oxygen atoms in total. The number of rotatable bonds is 8. The molecule has 0 aliphatic rings. The topological polar surface area (TPSA) is 41.5 Å². The van der Waals surface area contributed by atoms with Gasteiger partial charge in [-0.15, -0.1) is 12.4 Å². The molecule has 3 aromatic carbocycles. The lowest BCUT2D eigenvalue weighted by atomic mass is 9.98. The molecule has 3 aromatic rings. The van der Waals surface area contributed by atoms with Crippen LogP contribution in [0.2, 0.25) is 10.0 Å². The van der Waals surface area contributed by atoms with E-state index in [-0.39, 0.29) is 25.1 Å². The van der Waals surface area contributed by atoms with Crippen LogP contribution in [0.5, 0.6) is 5.75 Å². The molecule has 28 heavy (non-hydrogen) atoms. The average molecular weight is 439 g/mol. The van der Waals surface area contributed by atoms with E-state index in [0.29, 0.717) is 22.3 Å². The summed E-state index contributed by atoms with van der Waals surface area (Å²) in [5.74, 6) is 0.575. The van der Waals surface area contributed by atoms with Crippen molar-refractivity contribution in [3.05, 3.63) is 100 Å². The Hall–Kier alpha value is -1.75. The van der Waals surface area contributed by atoms with Gasteiger partial charge < -0.3 is 15.2 Å². The van der Waals surface area contributed by atoms with E-state index in [1.807, 2.05) is 36.4 Å². The fourth-order valence-corrected chi connectivity index (χ4v) is 3.08. The van der Waals surface area contributed by atoms with Gasteiger partial charge in [-0.1, -0.05) is 83.9 Å². The van der Waals surface area contributed by atoms with Gasteiger partial charge in [0.2, 0.25) is 0 Å². The Bertz CT molecular complexity index is 807. The lowest BCUT2D eigenvalue weighted by molar-refractivity contribution is 0.105. The van der Waals surface area contributed by atoms with Crippen LogP contribution in [0.3, 0.4) is 0 Å². The van der Waals surface area contributed by atoms with E-state index >= 15 is 0 Å². The highest BCUT2D eigenvalue weighted by Crippen LogP contribution is 2.26. The molecule has 148 valence electrons. The molecule has 0 saturated heterocycles. The second-order valence-corrected chi connectivity index (χ2v) is 7.02. The normalized spacial score (nSPS) is 11.7. The molecule has 0 aromatic heterocycles. The highest BCUT2D eigenvalue weighted by atomic mass is 35.5. The first-order valence-corrected chi connectivity index (χ1v) is 9.48. The van der Waals surface area contributed by atoms with E-state index in [1.165, 1.54) is 0 Å². The molecule has 0 fully saturated rings. The van der Waals surface area contributed by atoms with Crippen LogP contribution in [0, 0.1) is 0 Å². The molecule has 0 spiro atoms. The third-order valence-corrected chi connectivity index (χ3v) is 4.90. The van der Waals surface area contributed by atoms with Crippen molar-refractivity contribution >= 4 is 35.6 Å². The first-order valence-electron chi connectivity index (χ1n) is 8.72. The largest absolute Gasteiger partial charge is 0.491 e. The Kier molecular flexibility index (Phi) is 9.10. The molecule has 0 heterocycles. The molecule has 0 aliphatic carbocycles. The molecule has 0 amide bonds. The van der Waals surface area contributed by atoms with Gasteiger partial charge in [-0.05, 0) is 23.3 Å². The lowest BCUT2D eigenvalue weighted by Gasteiger charge is -2.22. The minimum atomic E-state index is -0.672. The molecule has 1 unspecified atom stereocenters. The van der Waals surface area contributed by atoms with Gasteiger partial charge in [0.25, 0.3) is 0 Å². The van der Waals surface area contributed by atoms with Gasteiger partial charge in [-0.25, -0.2) is 0 Å². The molecule has 6 heteroatoms. The van der Waals surface area contributed by atoms with Crippen molar-refractivity contribution in [1.29, 1.82) is 0 Å². The van der Waals surface area contributed by atoms with Crippen molar-refractivity contribution in [2.75, 3.05) is 13.2 Å². The fourth-order valence-electron chi connectivity index (χ4n) is 2.79. The maximum absolute atomic E-state index is 10.3. The number of ether oxygens (including phenoxy) is 1. The fraction of sp³-hybridized carbons (Fsp3) is 0.182. The summed E-state index contributed by atoms with van der Waals surface area (Å²) in [4.78, 5) is 0. The predicted molar refractivity (Wildman–Crippen MR) is 118 cm³/mol. The van der Waals surface area contributed by atoms with Crippen LogP contribution >= 0.6 is 35.6 Å². The van der Waals surface area contributed by atoms with Gasteiger partial charge >= 0.3 is 0 Å². The van der Waals surface area contributed by atoms with E-state index in [9.17, 15) is 5.11 Å². The maximum Gasteiger partial charge on any atom is 0.121 e. The van der Waals surface area contributed by atoms with Gasteiger partial charge in [0.15, 0.2) is 0 Å². The van der Waals surface area contributed by atoms with Gasteiger partial charge in [0.05, 0.1) is 16.1 Å². The van der Waals surface area contributed by atoms with Gasteiger partial charge in [-0.3, -0.25) is 0 Å². The molecule has 0 saturated carbocycles. The standard InChI is InChI=1S/C22H21Cl2NO2.ClH/c23-20-12-11-19(13-21(20)24)27-15-18(26)14-25-22(16-7-3-1-4-8-16)17-9-5-2-6-10-17;/h1-13,18,22,25-26H,14-15H2;1H. The van der Waals surface area contributed by atoms with Crippen LogP contribution in [0.15, 0.2) is 78.9 Å². The quantitative estimate of drug-likeness (QED) is 0.485. The minimum Gasteiger partial charge on any atom is -0.491 e. The predicted octanol–water partition coefficient (Wildman–Crippen LogP) is 5.53. The van der Waals surface area contributed by atoms with E-state index in [0.717, 1.165) is 11.1 Å². The number of aliphatic hydroxyl groups excluding tert-OH is 1. The van der Waals surface area contributed by atoms with Crippen molar-refractivity contribution in [3.8, 4) is 5.75 Å². The third-order valence-electron chi connectivity index (χ3n) is 4.16. The molecule has 0 aliphatic heterocycles. The van der Waals surface area contributed by atoms with Crippen LogP contribution < -0.4 is 10.1 Å². The number of benzene rings is 3. The first kappa shape index (κ1) is 22.5. The smallest absolute Gasteiger partial charge is 0.121 e. The van der Waals surface area contributed by atoms with Gasteiger partial charge in [-0.2, -0.15) is 0 Å². The summed E-state index contributed by atoms with van der Waals surface area (Å²) in [6, 6.07) is 25.3. The molecule has 0 bridgehead atoms. The van der Waals surface area contributed by atoms with Gasteiger partial charge in [0.1, 0.15) is 18.5 Å². The molecular formula is C22H22Cl3NO2. The Morgan fingerprint density at radius 1 is 0.821 bits per heavy atom. The highest BCUT2D eigenvalue weighted by molar-refractivity contribution is 6.42. The number of hydrogen-bond acceptors (Lipinski definition) is 3. The van der Waals surface area contributed by atoms with E-state index < -0.39 is 6.10 Å². The van der Waals surface area contributed by atoms with Crippen LogP contribution in [-0.4, -0.2) is 24.4 Å². The first-order chi connectivity index (χ1) is 13.1. The van der Waals surface area contributed by atoms with Crippen LogP contribution in [0.4, 0.5) is 0 Å². The van der Waals surface area contributed by atoms with E-state index in [2.05, 4.69) is 29.6 Å². The molecule has 0 radical (unpaired) electrons. The number of halogens is 3. The van der Waals surface area contributed by atoms with Crippen LogP contribution in [0.1, 0.15) is 17.2 Å². The van der Waals surface area contributed by atoms with Crippen molar-refractivity contribution in [2.24, 2.45) is 0 Å². The molecule has 3 rings (SSSR count). The monoisotopic (exact) mass is 437 g/mol. The summed E-state index contributed by atoms with van der Waals surface area (Å²) in [6.45, 7) is 0.539. The maximum atomic E-state index is 10.3. The Morgan fingerprint density at radius 3 is 1.93 bits per heavy atom. The third kappa shape index (κ3) is 6.40. The zero-order chi connectivity index (χ0) is 19.1. The van der Waals surface area contributed by atoms with Crippen LogP contribution in [0.25, 0.3) is 0 Å². The lowest BCUT2D eigenvalue weighted by Crippen LogP contribution is -2.34. The van der Waals surface area contributed by atoms with E-state index in [4.69, 9.17) is 27.9 Å². The summed E-state index contributed by atoms with van der Waals surface area (Å²) < 4.78 is 5.61. The Morgan fingerprint density at radius 2 is 1.39 bits per heavy atom. The van der Waals surface area contributed by atoms with Crippen molar-refractivity contribution < 1.29 is 9.84 Å². The summed E-state index contributed by atoms with van der Waals surface area (Å²) in [7, 11) is 0. The summed E-state index contributed by atoms with van der Waals surface area (Å²) in [6.07, 6.45) is -0.672. The zero-order valence-corrected chi connectivity index (χ0v) is 17.4. The second kappa shape index (κ2) is 11.3. The molecular weight excluding hydrogens is 417 g/mol. The van der Waals surface area contributed by atoms with E-state index in [1.54, 1.807) is 18.2 Å². The number of hydrogen-bond donors (Lipinski definition) is 2. The second-order valence-electron chi connectivity index (χ2n) is 6.20. The zero-order valence-electron chi connectivity index (χ0n) is 15.1. The highest BCUT2D eigenvalue weighted by Gasteiger charge is 2.15. The Balaban J connectivity index is 0.00000280. The number of nitrogens with one attached hydrogen (secondary N) is 1. The molecule has 1 atom stereocenters.